The molecule has 1 aromatic rings. The molecule has 0 amide bonds. The Labute approximate surface area is 139 Å². The van der Waals surface area contributed by atoms with Crippen molar-refractivity contribution in [1.82, 2.24) is 0 Å². The maximum Gasteiger partial charge on any atom is 0.593 e. The lowest BCUT2D eigenvalue weighted by Gasteiger charge is -2.08. The molecular formula is C18H26O4P+. The Morgan fingerprint density at radius 3 is 2.35 bits per heavy atom. The summed E-state index contributed by atoms with van der Waals surface area (Å²) in [5.41, 5.74) is 2.87. The number of rotatable bonds is 8. The third kappa shape index (κ3) is 5.20. The molecule has 0 spiro atoms. The third-order valence-electron chi connectivity index (χ3n) is 4.32. The summed E-state index contributed by atoms with van der Waals surface area (Å²) in [4.78, 5) is 12.3. The van der Waals surface area contributed by atoms with Gasteiger partial charge in [0.1, 0.15) is 6.61 Å². The average molecular weight is 337 g/mol. The van der Waals surface area contributed by atoms with E-state index in [2.05, 4.69) is 0 Å². The van der Waals surface area contributed by atoms with Gasteiger partial charge in [0.2, 0.25) is 0 Å². The van der Waals surface area contributed by atoms with Crippen molar-refractivity contribution in [3.63, 3.8) is 0 Å². The summed E-state index contributed by atoms with van der Waals surface area (Å²) in [7, 11) is -2.36. The monoisotopic (exact) mass is 337 g/mol. The fraction of sp³-hybridized carbons (Fsp3) is 0.611. The second-order valence-corrected chi connectivity index (χ2v) is 7.57. The van der Waals surface area contributed by atoms with Gasteiger partial charge < -0.3 is 4.74 Å². The highest BCUT2D eigenvalue weighted by Gasteiger charge is 2.35. The minimum absolute atomic E-state index is 0.192. The van der Waals surface area contributed by atoms with Crippen molar-refractivity contribution in [2.24, 2.45) is 5.92 Å². The number of carbonyl (C=O) groups is 1. The zero-order valence-corrected chi connectivity index (χ0v) is 15.2. The normalized spacial score (nSPS) is 15.9. The standard InChI is InChI=1S/C18H26O4P/c1-13-10-14(2)17(15(3)11-13)18(19)23(20)22-9-8-21-12-16-6-4-5-7-16/h10-11,16H,4-9,12H2,1-3H3/q+1. The lowest BCUT2D eigenvalue weighted by molar-refractivity contribution is 0.0762. The van der Waals surface area contributed by atoms with Gasteiger partial charge in [0, 0.05) is 6.61 Å². The molecule has 1 saturated carbocycles. The first-order chi connectivity index (χ1) is 11.0. The number of ether oxygens (including phenoxy) is 1. The van der Waals surface area contributed by atoms with Crippen molar-refractivity contribution in [3.05, 3.63) is 34.4 Å². The van der Waals surface area contributed by atoms with Crippen molar-refractivity contribution < 1.29 is 18.6 Å². The topological polar surface area (TPSA) is 52.6 Å². The summed E-state index contributed by atoms with van der Waals surface area (Å²) in [6.07, 6.45) is 5.06. The molecule has 5 heteroatoms. The van der Waals surface area contributed by atoms with Gasteiger partial charge in [-0.3, -0.25) is 0 Å². The summed E-state index contributed by atoms with van der Waals surface area (Å²) < 4.78 is 22.8. The molecule has 1 aliphatic carbocycles. The van der Waals surface area contributed by atoms with Crippen molar-refractivity contribution in [2.75, 3.05) is 19.8 Å². The molecular weight excluding hydrogens is 311 g/mol. The summed E-state index contributed by atoms with van der Waals surface area (Å²) >= 11 is 0. The van der Waals surface area contributed by atoms with Gasteiger partial charge in [-0.25, -0.2) is 4.79 Å². The molecule has 23 heavy (non-hydrogen) atoms. The fourth-order valence-electron chi connectivity index (χ4n) is 3.27. The van der Waals surface area contributed by atoms with Gasteiger partial charge in [0.25, 0.3) is 0 Å². The molecule has 0 heterocycles. The van der Waals surface area contributed by atoms with Gasteiger partial charge in [0.15, 0.2) is 0 Å². The maximum atomic E-state index is 12.3. The molecule has 4 nitrogen and oxygen atoms in total. The predicted octanol–water partition coefficient (Wildman–Crippen LogP) is 4.72. The average Bonchev–Trinajstić information content (AvgIpc) is 2.98. The molecule has 1 fully saturated rings. The molecule has 1 aliphatic rings. The molecule has 1 aromatic carbocycles. The Kier molecular flexibility index (Phi) is 6.88. The van der Waals surface area contributed by atoms with Crippen LogP contribution in [0.25, 0.3) is 0 Å². The highest BCUT2D eigenvalue weighted by Crippen LogP contribution is 2.31. The highest BCUT2D eigenvalue weighted by atomic mass is 31.1. The first-order valence-corrected chi connectivity index (χ1v) is 9.47. The number of hydrogen-bond acceptors (Lipinski definition) is 4. The molecule has 0 aliphatic heterocycles. The highest BCUT2D eigenvalue weighted by molar-refractivity contribution is 7.60. The minimum Gasteiger partial charge on any atom is -0.379 e. The van der Waals surface area contributed by atoms with Gasteiger partial charge >= 0.3 is 13.6 Å². The molecule has 126 valence electrons. The fourth-order valence-corrected chi connectivity index (χ4v) is 4.17. The molecule has 1 atom stereocenters. The van der Waals surface area contributed by atoms with Crippen LogP contribution in [-0.4, -0.2) is 25.3 Å². The molecule has 2 rings (SSSR count). The van der Waals surface area contributed by atoms with Crippen LogP contribution in [0.1, 0.15) is 52.7 Å². The SMILES string of the molecule is Cc1cc(C)c(C(=O)[P+](=O)OCCOCC2CCCC2)c(C)c1. The van der Waals surface area contributed by atoms with E-state index in [0.717, 1.165) is 23.3 Å². The molecule has 0 saturated heterocycles. The van der Waals surface area contributed by atoms with Crippen LogP contribution in [0.15, 0.2) is 12.1 Å². The number of aryl methyl sites for hydroxylation is 3. The Balaban J connectivity index is 1.78. The van der Waals surface area contributed by atoms with Crippen LogP contribution in [0.4, 0.5) is 0 Å². The van der Waals surface area contributed by atoms with Gasteiger partial charge in [-0.15, -0.1) is 4.52 Å². The summed E-state index contributed by atoms with van der Waals surface area (Å²) in [5, 5.41) is 0. The second kappa shape index (κ2) is 8.68. The maximum absolute atomic E-state index is 12.3. The van der Waals surface area contributed by atoms with E-state index in [-0.39, 0.29) is 6.61 Å². The van der Waals surface area contributed by atoms with E-state index in [1.54, 1.807) is 0 Å². The number of hydrogen-bond donors (Lipinski definition) is 0. The summed E-state index contributed by atoms with van der Waals surface area (Å²) in [5.74, 6) is 0.656. The van der Waals surface area contributed by atoms with E-state index < -0.39 is 13.6 Å². The van der Waals surface area contributed by atoms with E-state index in [0.29, 0.717) is 18.1 Å². The van der Waals surface area contributed by atoms with E-state index in [1.807, 2.05) is 32.9 Å². The van der Waals surface area contributed by atoms with Crippen molar-refractivity contribution in [1.29, 1.82) is 0 Å². The number of carbonyl (C=O) groups excluding carboxylic acids is 1. The van der Waals surface area contributed by atoms with Crippen molar-refractivity contribution in [3.8, 4) is 0 Å². The van der Waals surface area contributed by atoms with Crippen molar-refractivity contribution >= 4 is 13.6 Å². The van der Waals surface area contributed by atoms with Gasteiger partial charge in [-0.1, -0.05) is 30.5 Å². The third-order valence-corrected chi connectivity index (χ3v) is 5.29. The van der Waals surface area contributed by atoms with Crippen LogP contribution in [0.5, 0.6) is 0 Å². The largest absolute Gasteiger partial charge is 0.593 e. The van der Waals surface area contributed by atoms with E-state index in [1.165, 1.54) is 25.7 Å². The summed E-state index contributed by atoms with van der Waals surface area (Å²) in [6.45, 7) is 7.02. The van der Waals surface area contributed by atoms with Crippen LogP contribution in [0.2, 0.25) is 0 Å². The molecule has 0 N–H and O–H groups in total. The zero-order valence-electron chi connectivity index (χ0n) is 14.3. The summed E-state index contributed by atoms with van der Waals surface area (Å²) in [6, 6.07) is 3.85. The molecule has 0 bridgehead atoms. The Morgan fingerprint density at radius 2 is 1.74 bits per heavy atom. The minimum atomic E-state index is -2.36. The molecule has 0 aromatic heterocycles. The van der Waals surface area contributed by atoms with Crippen LogP contribution < -0.4 is 0 Å². The molecule has 1 unspecified atom stereocenters. The van der Waals surface area contributed by atoms with E-state index in [4.69, 9.17) is 9.26 Å². The van der Waals surface area contributed by atoms with E-state index in [9.17, 15) is 9.36 Å². The van der Waals surface area contributed by atoms with Gasteiger partial charge in [0.05, 0.1) is 12.2 Å². The zero-order chi connectivity index (χ0) is 16.8. The smallest absolute Gasteiger partial charge is 0.379 e. The van der Waals surface area contributed by atoms with Crippen molar-refractivity contribution in [2.45, 2.75) is 46.5 Å². The van der Waals surface area contributed by atoms with Crippen LogP contribution in [0, 0.1) is 26.7 Å². The van der Waals surface area contributed by atoms with Crippen LogP contribution in [-0.2, 0) is 13.8 Å². The van der Waals surface area contributed by atoms with E-state index >= 15 is 0 Å². The quantitative estimate of drug-likeness (QED) is 0.509. The lowest BCUT2D eigenvalue weighted by Crippen LogP contribution is -2.10. The second-order valence-electron chi connectivity index (χ2n) is 6.39. The van der Waals surface area contributed by atoms with Gasteiger partial charge in [-0.2, -0.15) is 0 Å². The molecule has 0 radical (unpaired) electrons. The van der Waals surface area contributed by atoms with Gasteiger partial charge in [-0.05, 0) is 55.2 Å². The lowest BCUT2D eigenvalue weighted by atomic mass is 10.0. The Bertz CT molecular complexity index is 553. The van der Waals surface area contributed by atoms with Crippen LogP contribution in [0.3, 0.4) is 0 Å². The first kappa shape index (κ1) is 18.3. The predicted molar refractivity (Wildman–Crippen MR) is 91.3 cm³/mol. The number of benzene rings is 1. The first-order valence-electron chi connectivity index (χ1n) is 8.29. The Hall–Kier alpha value is -1.09. The van der Waals surface area contributed by atoms with Crippen LogP contribution >= 0.6 is 8.03 Å². The Morgan fingerprint density at radius 1 is 1.13 bits per heavy atom.